The SMILES string of the molecule is CCn1ncc(NCCC2CCCC2)c(Cl)c1=O. The van der Waals surface area contributed by atoms with Crippen molar-refractivity contribution in [3.05, 3.63) is 21.6 Å². The van der Waals surface area contributed by atoms with Gasteiger partial charge in [0.05, 0.1) is 11.9 Å². The summed E-state index contributed by atoms with van der Waals surface area (Å²) in [5, 5.41) is 7.54. The van der Waals surface area contributed by atoms with Gasteiger partial charge in [-0.25, -0.2) is 4.68 Å². The van der Waals surface area contributed by atoms with E-state index in [2.05, 4.69) is 10.4 Å². The van der Waals surface area contributed by atoms with Gasteiger partial charge in [0.2, 0.25) is 0 Å². The fourth-order valence-corrected chi connectivity index (χ4v) is 2.74. The predicted molar refractivity (Wildman–Crippen MR) is 74.2 cm³/mol. The first-order valence-corrected chi connectivity index (χ1v) is 7.09. The summed E-state index contributed by atoms with van der Waals surface area (Å²) in [5.41, 5.74) is 0.439. The van der Waals surface area contributed by atoms with Gasteiger partial charge in [-0.3, -0.25) is 4.79 Å². The molecule has 2 rings (SSSR count). The van der Waals surface area contributed by atoms with Crippen LogP contribution in [0.2, 0.25) is 5.02 Å². The van der Waals surface area contributed by atoms with Crippen molar-refractivity contribution in [2.45, 2.75) is 45.6 Å². The second-order valence-electron chi connectivity index (χ2n) is 4.86. The van der Waals surface area contributed by atoms with Crippen LogP contribution in [0.4, 0.5) is 5.69 Å². The zero-order chi connectivity index (χ0) is 13.0. The zero-order valence-electron chi connectivity index (χ0n) is 10.8. The highest BCUT2D eigenvalue weighted by atomic mass is 35.5. The number of anilines is 1. The van der Waals surface area contributed by atoms with E-state index in [0.717, 1.165) is 18.9 Å². The van der Waals surface area contributed by atoms with Crippen molar-refractivity contribution in [3.8, 4) is 0 Å². The minimum Gasteiger partial charge on any atom is -0.382 e. The average Bonchev–Trinajstić information content (AvgIpc) is 2.88. The van der Waals surface area contributed by atoms with Crippen LogP contribution in [-0.2, 0) is 6.54 Å². The molecule has 1 saturated carbocycles. The van der Waals surface area contributed by atoms with E-state index in [1.54, 1.807) is 6.20 Å². The van der Waals surface area contributed by atoms with E-state index in [9.17, 15) is 4.79 Å². The summed E-state index contributed by atoms with van der Waals surface area (Å²) >= 11 is 6.04. The summed E-state index contributed by atoms with van der Waals surface area (Å²) in [5.74, 6) is 0.834. The molecule has 0 saturated heterocycles. The Balaban J connectivity index is 1.93. The molecule has 1 aromatic heterocycles. The number of rotatable bonds is 5. The summed E-state index contributed by atoms with van der Waals surface area (Å²) in [4.78, 5) is 11.8. The second kappa shape index (κ2) is 6.23. The predicted octanol–water partition coefficient (Wildman–Crippen LogP) is 2.91. The van der Waals surface area contributed by atoms with Gasteiger partial charge in [-0.15, -0.1) is 0 Å². The molecule has 1 heterocycles. The monoisotopic (exact) mass is 269 g/mol. The third-order valence-electron chi connectivity index (χ3n) is 3.63. The van der Waals surface area contributed by atoms with E-state index in [-0.39, 0.29) is 10.6 Å². The average molecular weight is 270 g/mol. The Labute approximate surface area is 112 Å². The summed E-state index contributed by atoms with van der Waals surface area (Å²) in [6.45, 7) is 3.28. The number of halogens is 1. The number of aromatic nitrogens is 2. The molecule has 0 atom stereocenters. The van der Waals surface area contributed by atoms with Gasteiger partial charge in [0, 0.05) is 13.1 Å². The van der Waals surface area contributed by atoms with Crippen LogP contribution < -0.4 is 10.9 Å². The molecule has 0 bridgehead atoms. The third kappa shape index (κ3) is 3.05. The number of hydrogen-bond donors (Lipinski definition) is 1. The smallest absolute Gasteiger partial charge is 0.287 e. The van der Waals surface area contributed by atoms with E-state index < -0.39 is 0 Å². The zero-order valence-corrected chi connectivity index (χ0v) is 11.5. The molecule has 0 aliphatic heterocycles. The van der Waals surface area contributed by atoms with Gasteiger partial charge in [0.1, 0.15) is 5.02 Å². The number of nitrogens with one attached hydrogen (secondary N) is 1. The lowest BCUT2D eigenvalue weighted by Gasteiger charge is -2.12. The molecule has 100 valence electrons. The Morgan fingerprint density at radius 1 is 1.50 bits per heavy atom. The largest absolute Gasteiger partial charge is 0.382 e. The normalized spacial score (nSPS) is 16.1. The number of nitrogens with zero attached hydrogens (tertiary/aromatic N) is 2. The first kappa shape index (κ1) is 13.4. The minimum absolute atomic E-state index is 0.218. The van der Waals surface area contributed by atoms with Crippen LogP contribution in [0.3, 0.4) is 0 Å². The molecule has 1 fully saturated rings. The van der Waals surface area contributed by atoms with E-state index in [0.29, 0.717) is 12.2 Å². The van der Waals surface area contributed by atoms with Crippen molar-refractivity contribution in [3.63, 3.8) is 0 Å². The number of aryl methyl sites for hydroxylation is 1. The molecule has 0 amide bonds. The molecule has 4 nitrogen and oxygen atoms in total. The molecule has 0 unspecified atom stereocenters. The van der Waals surface area contributed by atoms with Crippen molar-refractivity contribution < 1.29 is 0 Å². The van der Waals surface area contributed by atoms with Crippen molar-refractivity contribution in [1.29, 1.82) is 0 Å². The van der Waals surface area contributed by atoms with E-state index >= 15 is 0 Å². The lowest BCUT2D eigenvalue weighted by atomic mass is 10.0. The van der Waals surface area contributed by atoms with Crippen LogP contribution in [0.25, 0.3) is 0 Å². The van der Waals surface area contributed by atoms with Gasteiger partial charge in [-0.2, -0.15) is 5.10 Å². The Kier molecular flexibility index (Phi) is 4.64. The summed E-state index contributed by atoms with van der Waals surface area (Å²) in [6, 6.07) is 0. The molecule has 0 radical (unpaired) electrons. The van der Waals surface area contributed by atoms with Crippen LogP contribution in [0.5, 0.6) is 0 Å². The molecule has 1 N–H and O–H groups in total. The molecule has 1 aliphatic rings. The fraction of sp³-hybridized carbons (Fsp3) is 0.692. The quantitative estimate of drug-likeness (QED) is 0.894. The first-order valence-electron chi connectivity index (χ1n) is 6.72. The maximum Gasteiger partial charge on any atom is 0.287 e. The van der Waals surface area contributed by atoms with Crippen LogP contribution in [0.1, 0.15) is 39.0 Å². The van der Waals surface area contributed by atoms with Crippen LogP contribution >= 0.6 is 11.6 Å². The highest BCUT2D eigenvalue weighted by Gasteiger charge is 2.14. The summed E-state index contributed by atoms with van der Waals surface area (Å²) < 4.78 is 1.37. The molecule has 1 aliphatic carbocycles. The van der Waals surface area contributed by atoms with E-state index in [1.807, 2.05) is 6.92 Å². The van der Waals surface area contributed by atoms with Crippen molar-refractivity contribution in [2.24, 2.45) is 5.92 Å². The van der Waals surface area contributed by atoms with E-state index in [4.69, 9.17) is 11.6 Å². The standard InChI is InChI=1S/C13H20ClN3O/c1-2-17-13(18)12(14)11(9-16-17)15-8-7-10-5-3-4-6-10/h9-10,15H,2-8H2,1H3. The van der Waals surface area contributed by atoms with Gasteiger partial charge < -0.3 is 5.32 Å². The molecular formula is C13H20ClN3O. The van der Waals surface area contributed by atoms with Gasteiger partial charge >= 0.3 is 0 Å². The van der Waals surface area contributed by atoms with Gasteiger partial charge in [-0.1, -0.05) is 37.3 Å². The Morgan fingerprint density at radius 3 is 2.89 bits per heavy atom. The maximum absolute atomic E-state index is 11.8. The molecule has 0 aromatic carbocycles. The minimum atomic E-state index is -0.218. The Hall–Kier alpha value is -1.03. The molecule has 5 heteroatoms. The highest BCUT2D eigenvalue weighted by molar-refractivity contribution is 6.32. The van der Waals surface area contributed by atoms with Crippen LogP contribution in [-0.4, -0.2) is 16.3 Å². The molecule has 0 spiro atoms. The molecule has 1 aromatic rings. The van der Waals surface area contributed by atoms with Gasteiger partial charge in [-0.05, 0) is 19.3 Å². The van der Waals surface area contributed by atoms with Crippen molar-refractivity contribution >= 4 is 17.3 Å². The summed E-state index contributed by atoms with van der Waals surface area (Å²) in [7, 11) is 0. The fourth-order valence-electron chi connectivity index (χ4n) is 2.52. The molecule has 18 heavy (non-hydrogen) atoms. The maximum atomic E-state index is 11.8. The van der Waals surface area contributed by atoms with Crippen molar-refractivity contribution in [2.75, 3.05) is 11.9 Å². The number of hydrogen-bond acceptors (Lipinski definition) is 3. The van der Waals surface area contributed by atoms with Crippen LogP contribution in [0, 0.1) is 5.92 Å². The highest BCUT2D eigenvalue weighted by Crippen LogP contribution is 2.27. The summed E-state index contributed by atoms with van der Waals surface area (Å²) in [6.07, 6.45) is 8.18. The van der Waals surface area contributed by atoms with Crippen LogP contribution in [0.15, 0.2) is 11.0 Å². The topological polar surface area (TPSA) is 46.9 Å². The van der Waals surface area contributed by atoms with Gasteiger partial charge in [0.15, 0.2) is 0 Å². The third-order valence-corrected chi connectivity index (χ3v) is 3.99. The van der Waals surface area contributed by atoms with Gasteiger partial charge in [0.25, 0.3) is 5.56 Å². The Morgan fingerprint density at radius 2 is 2.22 bits per heavy atom. The first-order chi connectivity index (χ1) is 8.72. The van der Waals surface area contributed by atoms with E-state index in [1.165, 1.54) is 30.4 Å². The lowest BCUT2D eigenvalue weighted by Crippen LogP contribution is -2.23. The molecular weight excluding hydrogens is 250 g/mol. The van der Waals surface area contributed by atoms with Crippen molar-refractivity contribution in [1.82, 2.24) is 9.78 Å². The second-order valence-corrected chi connectivity index (χ2v) is 5.24. The Bertz CT molecular complexity index is 452. The lowest BCUT2D eigenvalue weighted by molar-refractivity contribution is 0.518.